The molecule has 0 aliphatic heterocycles. The number of nitrogens with one attached hydrogen (secondary N) is 1. The molecule has 1 rings (SSSR count). The van der Waals surface area contributed by atoms with E-state index in [2.05, 4.69) is 56.0 Å². The van der Waals surface area contributed by atoms with Crippen molar-refractivity contribution in [3.8, 4) is 0 Å². The second kappa shape index (κ2) is 6.72. The fourth-order valence-corrected chi connectivity index (χ4v) is 2.27. The first kappa shape index (κ1) is 14.9. The maximum absolute atomic E-state index is 4.60. The molecular weight excluding hydrogens is 222 g/mol. The fraction of sp³-hybridized carbons (Fsp3) is 0.733. The molecule has 0 bridgehead atoms. The Balaban J connectivity index is 2.83. The van der Waals surface area contributed by atoms with Crippen LogP contribution in [-0.2, 0) is 0 Å². The summed E-state index contributed by atoms with van der Waals surface area (Å²) >= 11 is 0. The smallest absolute Gasteiger partial charge is 0.223 e. The first-order valence-electron chi connectivity index (χ1n) is 7.10. The molecule has 1 heterocycles. The Hall–Kier alpha value is -1.12. The molecule has 3 nitrogen and oxygen atoms in total. The molecule has 102 valence electrons. The van der Waals surface area contributed by atoms with Gasteiger partial charge in [0, 0.05) is 17.4 Å². The summed E-state index contributed by atoms with van der Waals surface area (Å²) in [7, 11) is 0. The molecule has 1 aromatic rings. The van der Waals surface area contributed by atoms with Gasteiger partial charge in [0.05, 0.1) is 0 Å². The Bertz CT molecular complexity index is 370. The van der Waals surface area contributed by atoms with Gasteiger partial charge in [0.15, 0.2) is 0 Å². The van der Waals surface area contributed by atoms with Gasteiger partial charge in [-0.1, -0.05) is 40.5 Å². The van der Waals surface area contributed by atoms with Gasteiger partial charge in [0.1, 0.15) is 0 Å². The van der Waals surface area contributed by atoms with Gasteiger partial charge >= 0.3 is 0 Å². The Morgan fingerprint density at radius 1 is 1.11 bits per heavy atom. The van der Waals surface area contributed by atoms with Crippen molar-refractivity contribution >= 4 is 5.95 Å². The molecule has 0 radical (unpaired) electrons. The molecule has 1 N–H and O–H groups in total. The van der Waals surface area contributed by atoms with E-state index >= 15 is 0 Å². The van der Waals surface area contributed by atoms with E-state index in [1.54, 1.807) is 0 Å². The number of aryl methyl sites for hydroxylation is 1. The van der Waals surface area contributed by atoms with E-state index in [-0.39, 0.29) is 0 Å². The summed E-state index contributed by atoms with van der Waals surface area (Å²) < 4.78 is 0. The topological polar surface area (TPSA) is 37.8 Å². The lowest BCUT2D eigenvalue weighted by Crippen LogP contribution is -2.26. The minimum atomic E-state index is 0.418. The Morgan fingerprint density at radius 3 is 2.22 bits per heavy atom. The van der Waals surface area contributed by atoms with Crippen molar-refractivity contribution in [2.75, 3.05) is 5.32 Å². The highest BCUT2D eigenvalue weighted by molar-refractivity contribution is 5.30. The van der Waals surface area contributed by atoms with E-state index in [0.717, 1.165) is 17.3 Å². The predicted octanol–water partition coefficient (Wildman–Crippen LogP) is 4.15. The van der Waals surface area contributed by atoms with E-state index < -0.39 is 0 Å². The van der Waals surface area contributed by atoms with Gasteiger partial charge in [-0.15, -0.1) is 0 Å². The first-order valence-corrected chi connectivity index (χ1v) is 7.10. The minimum absolute atomic E-state index is 0.418. The molecule has 0 saturated heterocycles. The highest BCUT2D eigenvalue weighted by atomic mass is 15.1. The third-order valence-electron chi connectivity index (χ3n) is 3.58. The fourth-order valence-electron chi connectivity index (χ4n) is 2.27. The van der Waals surface area contributed by atoms with Gasteiger partial charge in [0.2, 0.25) is 5.95 Å². The summed E-state index contributed by atoms with van der Waals surface area (Å²) in [6, 6.07) is 2.49. The van der Waals surface area contributed by atoms with Crippen molar-refractivity contribution in [3.63, 3.8) is 0 Å². The number of nitrogens with zero attached hydrogens (tertiary/aromatic N) is 2. The maximum atomic E-state index is 4.60. The second-order valence-electron chi connectivity index (χ2n) is 5.42. The van der Waals surface area contributed by atoms with Crippen molar-refractivity contribution in [1.82, 2.24) is 9.97 Å². The van der Waals surface area contributed by atoms with Crippen molar-refractivity contribution in [1.29, 1.82) is 0 Å². The van der Waals surface area contributed by atoms with Crippen LogP contribution in [0.1, 0.15) is 64.8 Å². The summed E-state index contributed by atoms with van der Waals surface area (Å²) in [5.41, 5.74) is 2.15. The van der Waals surface area contributed by atoms with Gasteiger partial charge in [-0.3, -0.25) is 0 Å². The molecule has 0 fully saturated rings. The van der Waals surface area contributed by atoms with E-state index in [1.165, 1.54) is 12.8 Å². The highest BCUT2D eigenvalue weighted by Gasteiger charge is 2.15. The van der Waals surface area contributed by atoms with Crippen LogP contribution in [-0.4, -0.2) is 16.0 Å². The van der Waals surface area contributed by atoms with E-state index in [0.29, 0.717) is 17.9 Å². The second-order valence-corrected chi connectivity index (χ2v) is 5.42. The quantitative estimate of drug-likeness (QED) is 0.823. The van der Waals surface area contributed by atoms with Crippen LogP contribution in [0.4, 0.5) is 5.95 Å². The normalized spacial score (nSPS) is 13.1. The largest absolute Gasteiger partial charge is 0.351 e. The van der Waals surface area contributed by atoms with Crippen molar-refractivity contribution in [2.24, 2.45) is 5.92 Å². The zero-order valence-corrected chi connectivity index (χ0v) is 12.6. The van der Waals surface area contributed by atoms with Gasteiger partial charge in [-0.05, 0) is 31.7 Å². The zero-order valence-electron chi connectivity index (χ0n) is 12.6. The molecule has 1 atom stereocenters. The number of hydrogen-bond donors (Lipinski definition) is 1. The zero-order chi connectivity index (χ0) is 13.7. The van der Waals surface area contributed by atoms with Gasteiger partial charge in [0.25, 0.3) is 0 Å². The average molecular weight is 249 g/mol. The molecule has 1 unspecified atom stereocenters. The summed E-state index contributed by atoms with van der Waals surface area (Å²) in [5.74, 6) is 1.89. The van der Waals surface area contributed by atoms with Crippen LogP contribution in [0.25, 0.3) is 0 Å². The molecule has 3 heteroatoms. The number of anilines is 1. The van der Waals surface area contributed by atoms with Crippen molar-refractivity contribution < 1.29 is 0 Å². The van der Waals surface area contributed by atoms with E-state index in [1.807, 2.05) is 6.92 Å². The van der Waals surface area contributed by atoms with Crippen LogP contribution < -0.4 is 5.32 Å². The van der Waals surface area contributed by atoms with Crippen LogP contribution >= 0.6 is 0 Å². The Labute approximate surface area is 111 Å². The maximum Gasteiger partial charge on any atom is 0.223 e. The van der Waals surface area contributed by atoms with Crippen LogP contribution in [0.3, 0.4) is 0 Å². The minimum Gasteiger partial charge on any atom is -0.351 e. The lowest BCUT2D eigenvalue weighted by Gasteiger charge is -2.23. The summed E-state index contributed by atoms with van der Waals surface area (Å²) in [6.45, 7) is 13.1. The van der Waals surface area contributed by atoms with Crippen LogP contribution in [0.5, 0.6) is 0 Å². The van der Waals surface area contributed by atoms with Crippen molar-refractivity contribution in [2.45, 2.75) is 66.3 Å². The Kier molecular flexibility index (Phi) is 5.57. The van der Waals surface area contributed by atoms with Gasteiger partial charge < -0.3 is 5.32 Å². The molecule has 0 saturated carbocycles. The summed E-state index contributed by atoms with van der Waals surface area (Å²) in [4.78, 5) is 9.09. The molecule has 0 aliphatic rings. The highest BCUT2D eigenvalue weighted by Crippen LogP contribution is 2.18. The van der Waals surface area contributed by atoms with E-state index in [4.69, 9.17) is 0 Å². The molecular formula is C15H27N3. The van der Waals surface area contributed by atoms with Gasteiger partial charge in [-0.25, -0.2) is 9.97 Å². The third kappa shape index (κ3) is 3.97. The van der Waals surface area contributed by atoms with Gasteiger partial charge in [-0.2, -0.15) is 0 Å². The lowest BCUT2D eigenvalue weighted by atomic mass is 9.96. The molecule has 0 aliphatic carbocycles. The number of rotatable bonds is 6. The summed E-state index contributed by atoms with van der Waals surface area (Å²) in [6.07, 6.45) is 2.38. The average Bonchev–Trinajstić information content (AvgIpc) is 2.29. The lowest BCUT2D eigenvalue weighted by molar-refractivity contribution is 0.436. The SMILES string of the molecule is CCC(CC)C(C)Nc1nc(C)cc(C(C)C)n1. The standard InChI is InChI=1S/C15H27N3/c1-7-13(8-2)12(6)17-15-16-11(5)9-14(18-15)10(3)4/h9-10,12-13H,7-8H2,1-6H3,(H,16,17,18). The third-order valence-corrected chi connectivity index (χ3v) is 3.58. The number of aromatic nitrogens is 2. The van der Waals surface area contributed by atoms with Crippen LogP contribution in [0, 0.1) is 12.8 Å². The monoisotopic (exact) mass is 249 g/mol. The molecule has 18 heavy (non-hydrogen) atoms. The molecule has 0 aromatic carbocycles. The number of hydrogen-bond acceptors (Lipinski definition) is 3. The van der Waals surface area contributed by atoms with Crippen LogP contribution in [0.15, 0.2) is 6.07 Å². The Morgan fingerprint density at radius 2 is 1.72 bits per heavy atom. The van der Waals surface area contributed by atoms with Crippen molar-refractivity contribution in [3.05, 3.63) is 17.5 Å². The predicted molar refractivity (Wildman–Crippen MR) is 78.0 cm³/mol. The summed E-state index contributed by atoms with van der Waals surface area (Å²) in [5, 5.41) is 3.46. The molecule has 0 amide bonds. The molecule has 0 spiro atoms. The molecule has 1 aromatic heterocycles. The first-order chi connectivity index (χ1) is 8.47. The van der Waals surface area contributed by atoms with E-state index in [9.17, 15) is 0 Å². The van der Waals surface area contributed by atoms with Crippen LogP contribution in [0.2, 0.25) is 0 Å².